The van der Waals surface area contributed by atoms with Crippen molar-refractivity contribution in [3.05, 3.63) is 40.8 Å². The van der Waals surface area contributed by atoms with E-state index in [0.29, 0.717) is 13.1 Å². The van der Waals surface area contributed by atoms with E-state index in [1.807, 2.05) is 31.2 Å². The monoisotopic (exact) mass is 280 g/mol. The van der Waals surface area contributed by atoms with Gasteiger partial charge in [-0.3, -0.25) is 4.79 Å². The van der Waals surface area contributed by atoms with Crippen molar-refractivity contribution in [2.24, 2.45) is 0 Å². The molecule has 0 bridgehead atoms. The maximum Gasteiger partial charge on any atom is 0.236 e. The Hall–Kier alpha value is -1.66. The molecule has 0 unspecified atom stereocenters. The summed E-state index contributed by atoms with van der Waals surface area (Å²) >= 11 is 0. The van der Waals surface area contributed by atoms with E-state index in [1.54, 1.807) is 6.08 Å². The van der Waals surface area contributed by atoms with Crippen molar-refractivity contribution in [2.45, 2.75) is 6.92 Å². The number of carbonyl (C=O) groups is 1. The Morgan fingerprint density at radius 3 is 2.58 bits per heavy atom. The summed E-state index contributed by atoms with van der Waals surface area (Å²) in [5.41, 5.74) is 1.93. The van der Waals surface area contributed by atoms with E-state index >= 15 is 0 Å². The first kappa shape index (κ1) is 13.8. The Bertz CT molecular complexity index is 591. The van der Waals surface area contributed by atoms with Crippen LogP contribution in [0.25, 0.3) is 6.08 Å². The van der Waals surface area contributed by atoms with Crippen molar-refractivity contribution in [1.82, 2.24) is 9.62 Å². The first-order chi connectivity index (χ1) is 8.97. The summed E-state index contributed by atoms with van der Waals surface area (Å²) in [6.45, 7) is 2.53. The zero-order valence-corrected chi connectivity index (χ0v) is 11.5. The Morgan fingerprint density at radius 2 is 1.95 bits per heavy atom. The van der Waals surface area contributed by atoms with Crippen LogP contribution in [0.1, 0.15) is 11.1 Å². The first-order valence-electron chi connectivity index (χ1n) is 5.99. The maximum atomic E-state index is 12.0. The van der Waals surface area contributed by atoms with Crippen LogP contribution in [0.2, 0.25) is 0 Å². The number of hydrogen-bond donors (Lipinski definition) is 1. The lowest BCUT2D eigenvalue weighted by molar-refractivity contribution is -0.122. The van der Waals surface area contributed by atoms with Crippen molar-refractivity contribution in [3.63, 3.8) is 0 Å². The van der Waals surface area contributed by atoms with Crippen LogP contribution in [-0.2, 0) is 14.8 Å². The number of carbonyl (C=O) groups excluding carboxylic acids is 1. The van der Waals surface area contributed by atoms with Gasteiger partial charge < -0.3 is 5.32 Å². The number of aryl methyl sites for hydroxylation is 1. The van der Waals surface area contributed by atoms with Gasteiger partial charge >= 0.3 is 0 Å². The molecule has 19 heavy (non-hydrogen) atoms. The van der Waals surface area contributed by atoms with E-state index in [0.717, 1.165) is 16.5 Å². The Morgan fingerprint density at radius 1 is 1.26 bits per heavy atom. The molecule has 1 fully saturated rings. The molecule has 1 saturated heterocycles. The largest absolute Gasteiger partial charge is 0.354 e. The number of amides is 1. The highest BCUT2D eigenvalue weighted by Crippen LogP contribution is 2.10. The van der Waals surface area contributed by atoms with Gasteiger partial charge in [0.15, 0.2) is 0 Å². The third-order valence-corrected chi connectivity index (χ3v) is 4.38. The van der Waals surface area contributed by atoms with Crippen LogP contribution in [0.4, 0.5) is 0 Å². The summed E-state index contributed by atoms with van der Waals surface area (Å²) in [6, 6.07) is 7.54. The van der Waals surface area contributed by atoms with E-state index in [4.69, 9.17) is 0 Å². The van der Waals surface area contributed by atoms with E-state index in [2.05, 4.69) is 5.32 Å². The van der Waals surface area contributed by atoms with Crippen molar-refractivity contribution < 1.29 is 13.2 Å². The van der Waals surface area contributed by atoms with Crippen LogP contribution in [-0.4, -0.2) is 38.3 Å². The van der Waals surface area contributed by atoms with Crippen molar-refractivity contribution in [3.8, 4) is 0 Å². The third-order valence-electron chi connectivity index (χ3n) is 2.87. The highest BCUT2D eigenvalue weighted by molar-refractivity contribution is 7.92. The highest BCUT2D eigenvalue weighted by Gasteiger charge is 2.25. The van der Waals surface area contributed by atoms with Gasteiger partial charge in [-0.05, 0) is 18.6 Å². The second-order valence-electron chi connectivity index (χ2n) is 4.44. The lowest BCUT2D eigenvalue weighted by Crippen LogP contribution is -2.49. The number of nitrogens with zero attached hydrogens (tertiary/aromatic N) is 1. The average molecular weight is 280 g/mol. The summed E-state index contributed by atoms with van der Waals surface area (Å²) in [6.07, 6.45) is 1.54. The lowest BCUT2D eigenvalue weighted by Gasteiger charge is -2.24. The fourth-order valence-corrected chi connectivity index (χ4v) is 2.90. The molecule has 0 aromatic heterocycles. The van der Waals surface area contributed by atoms with Crippen LogP contribution in [0.5, 0.6) is 0 Å². The summed E-state index contributed by atoms with van der Waals surface area (Å²) < 4.78 is 25.2. The molecule has 1 aliphatic rings. The predicted molar refractivity (Wildman–Crippen MR) is 73.7 cm³/mol. The molecule has 1 N–H and O–H groups in total. The summed E-state index contributed by atoms with van der Waals surface area (Å²) in [7, 11) is -3.53. The van der Waals surface area contributed by atoms with Crippen LogP contribution in [0, 0.1) is 6.92 Å². The van der Waals surface area contributed by atoms with Crippen molar-refractivity contribution in [1.29, 1.82) is 0 Å². The summed E-state index contributed by atoms with van der Waals surface area (Å²) in [4.78, 5) is 11.2. The number of sulfonamides is 1. The fraction of sp³-hybridized carbons (Fsp3) is 0.308. The SMILES string of the molecule is Cc1ccc(/C=C\S(=O)(=O)N2CCNC(=O)C2)cc1. The van der Waals surface area contributed by atoms with E-state index in [1.165, 1.54) is 4.31 Å². The number of piperazine rings is 1. The van der Waals surface area contributed by atoms with Gasteiger partial charge in [-0.15, -0.1) is 0 Å². The molecule has 0 radical (unpaired) electrons. The molecule has 5 nitrogen and oxygen atoms in total. The molecule has 1 heterocycles. The van der Waals surface area contributed by atoms with Gasteiger partial charge in [0, 0.05) is 18.5 Å². The molecule has 1 aliphatic heterocycles. The summed E-state index contributed by atoms with van der Waals surface area (Å²) in [5, 5.41) is 3.74. The molecule has 1 aromatic carbocycles. The number of rotatable bonds is 3. The molecule has 1 amide bonds. The molecule has 102 valence electrons. The number of nitrogens with one attached hydrogen (secondary N) is 1. The molecule has 2 rings (SSSR count). The minimum Gasteiger partial charge on any atom is -0.354 e. The van der Waals surface area contributed by atoms with E-state index < -0.39 is 10.0 Å². The smallest absolute Gasteiger partial charge is 0.236 e. The third kappa shape index (κ3) is 3.65. The quantitative estimate of drug-likeness (QED) is 0.887. The minimum absolute atomic E-state index is 0.111. The Labute approximate surface area is 113 Å². The highest BCUT2D eigenvalue weighted by atomic mass is 32.2. The summed E-state index contributed by atoms with van der Waals surface area (Å²) in [5.74, 6) is -0.265. The number of benzene rings is 1. The number of hydrogen-bond acceptors (Lipinski definition) is 3. The van der Waals surface area contributed by atoms with Gasteiger partial charge in [0.2, 0.25) is 15.9 Å². The van der Waals surface area contributed by atoms with Crippen molar-refractivity contribution in [2.75, 3.05) is 19.6 Å². The Balaban J connectivity index is 2.12. The lowest BCUT2D eigenvalue weighted by atomic mass is 10.2. The van der Waals surface area contributed by atoms with Crippen LogP contribution in [0.15, 0.2) is 29.7 Å². The normalized spacial score (nSPS) is 17.6. The van der Waals surface area contributed by atoms with Crippen LogP contribution >= 0.6 is 0 Å². The molecular weight excluding hydrogens is 264 g/mol. The second kappa shape index (κ2) is 5.54. The van der Waals surface area contributed by atoms with E-state index in [-0.39, 0.29) is 12.5 Å². The molecule has 6 heteroatoms. The van der Waals surface area contributed by atoms with Crippen molar-refractivity contribution >= 4 is 22.0 Å². The zero-order valence-electron chi connectivity index (χ0n) is 10.7. The maximum absolute atomic E-state index is 12.0. The molecule has 0 aliphatic carbocycles. The average Bonchev–Trinajstić information content (AvgIpc) is 2.38. The van der Waals surface area contributed by atoms with E-state index in [9.17, 15) is 13.2 Å². The topological polar surface area (TPSA) is 66.5 Å². The zero-order chi connectivity index (χ0) is 13.9. The van der Waals surface area contributed by atoms with Crippen LogP contribution in [0.3, 0.4) is 0 Å². The van der Waals surface area contributed by atoms with Gasteiger partial charge in [-0.25, -0.2) is 8.42 Å². The fourth-order valence-electron chi connectivity index (χ4n) is 1.76. The molecule has 0 atom stereocenters. The molecule has 0 spiro atoms. The van der Waals surface area contributed by atoms with Gasteiger partial charge in [0.25, 0.3) is 0 Å². The van der Waals surface area contributed by atoms with Crippen LogP contribution < -0.4 is 5.32 Å². The van der Waals surface area contributed by atoms with Gasteiger partial charge in [0.05, 0.1) is 6.54 Å². The molecule has 0 saturated carbocycles. The minimum atomic E-state index is -3.53. The first-order valence-corrected chi connectivity index (χ1v) is 7.49. The Kier molecular flexibility index (Phi) is 4.01. The molecule has 1 aromatic rings. The predicted octanol–water partition coefficient (Wildman–Crippen LogP) is 0.727. The van der Waals surface area contributed by atoms with Gasteiger partial charge in [0.1, 0.15) is 0 Å². The standard InChI is InChI=1S/C13H16N2O3S/c1-11-2-4-12(5-3-11)6-9-19(17,18)15-8-7-14-13(16)10-15/h2-6,9H,7-8,10H2,1H3,(H,14,16)/b9-6-. The van der Waals surface area contributed by atoms with Gasteiger partial charge in [-0.2, -0.15) is 4.31 Å². The molecular formula is C13H16N2O3S. The second-order valence-corrected chi connectivity index (χ2v) is 6.26. The van der Waals surface area contributed by atoms with Gasteiger partial charge in [-0.1, -0.05) is 29.8 Å².